The van der Waals surface area contributed by atoms with E-state index in [-0.39, 0.29) is 19.0 Å². The molecule has 0 spiro atoms. The maximum atomic E-state index is 9.40. The second kappa shape index (κ2) is 7.76. The molecule has 2 aromatic rings. The predicted molar refractivity (Wildman–Crippen MR) is 90.1 cm³/mol. The molecule has 2 aromatic carbocycles. The van der Waals surface area contributed by atoms with Crippen molar-refractivity contribution in [3.8, 4) is 0 Å². The van der Waals surface area contributed by atoms with Crippen LogP contribution in [0.25, 0.3) is 10.8 Å². The maximum Gasteiger partial charge on any atom is 0.0449 e. The van der Waals surface area contributed by atoms with Crippen LogP contribution < -0.4 is 5.32 Å². The first-order valence-electron chi connectivity index (χ1n) is 7.43. The fourth-order valence-corrected chi connectivity index (χ4v) is 3.09. The lowest BCUT2D eigenvalue weighted by Gasteiger charge is -2.35. The van der Waals surface area contributed by atoms with E-state index >= 15 is 0 Å². The molecule has 0 saturated carbocycles. The van der Waals surface area contributed by atoms with Crippen molar-refractivity contribution in [2.45, 2.75) is 12.5 Å². The van der Waals surface area contributed by atoms with E-state index in [1.54, 1.807) is 0 Å². The number of piperazine rings is 1. The van der Waals surface area contributed by atoms with Gasteiger partial charge in [-0.3, -0.25) is 4.90 Å². The van der Waals surface area contributed by atoms with Crippen LogP contribution in [0.15, 0.2) is 42.5 Å². The molecule has 3 nitrogen and oxygen atoms in total. The second-order valence-electron chi connectivity index (χ2n) is 5.42. The summed E-state index contributed by atoms with van der Waals surface area (Å²) < 4.78 is 0. The third-order valence-electron chi connectivity index (χ3n) is 4.15. The Morgan fingerprint density at radius 1 is 1.05 bits per heavy atom. The number of rotatable bonds is 4. The van der Waals surface area contributed by atoms with Crippen LogP contribution in [0.4, 0.5) is 0 Å². The average molecular weight is 307 g/mol. The van der Waals surface area contributed by atoms with E-state index in [2.05, 4.69) is 52.7 Å². The van der Waals surface area contributed by atoms with Crippen molar-refractivity contribution >= 4 is 23.2 Å². The van der Waals surface area contributed by atoms with Crippen LogP contribution in [0.1, 0.15) is 18.0 Å². The van der Waals surface area contributed by atoms with Crippen molar-refractivity contribution in [3.05, 3.63) is 48.0 Å². The molecule has 3 rings (SSSR count). The van der Waals surface area contributed by atoms with Crippen molar-refractivity contribution in [2.75, 3.05) is 32.8 Å². The van der Waals surface area contributed by atoms with Gasteiger partial charge in [-0.15, -0.1) is 12.4 Å². The second-order valence-corrected chi connectivity index (χ2v) is 5.42. The third-order valence-corrected chi connectivity index (χ3v) is 4.15. The highest BCUT2D eigenvalue weighted by Gasteiger charge is 2.21. The van der Waals surface area contributed by atoms with Gasteiger partial charge >= 0.3 is 0 Å². The molecule has 0 unspecified atom stereocenters. The minimum atomic E-state index is 0. The molecule has 0 aromatic heterocycles. The molecule has 0 aliphatic carbocycles. The number of fused-ring (bicyclic) bond motifs is 1. The minimum absolute atomic E-state index is 0. The number of aliphatic hydroxyl groups is 1. The molecular formula is C17H23ClN2O. The van der Waals surface area contributed by atoms with Gasteiger partial charge in [0.15, 0.2) is 0 Å². The van der Waals surface area contributed by atoms with Crippen LogP contribution in [0.3, 0.4) is 0 Å². The Morgan fingerprint density at radius 3 is 2.48 bits per heavy atom. The molecule has 2 N–H and O–H groups in total. The van der Waals surface area contributed by atoms with Gasteiger partial charge in [-0.25, -0.2) is 0 Å². The summed E-state index contributed by atoms with van der Waals surface area (Å²) in [5.41, 5.74) is 1.32. The smallest absolute Gasteiger partial charge is 0.0449 e. The first kappa shape index (κ1) is 16.2. The van der Waals surface area contributed by atoms with Gasteiger partial charge in [0, 0.05) is 38.8 Å². The topological polar surface area (TPSA) is 35.5 Å². The van der Waals surface area contributed by atoms with Gasteiger partial charge in [-0.2, -0.15) is 0 Å². The summed E-state index contributed by atoms with van der Waals surface area (Å²) in [5, 5.41) is 15.3. The Morgan fingerprint density at radius 2 is 1.76 bits per heavy atom. The maximum absolute atomic E-state index is 9.40. The van der Waals surface area contributed by atoms with E-state index in [1.165, 1.54) is 16.3 Å². The zero-order chi connectivity index (χ0) is 13.8. The minimum Gasteiger partial charge on any atom is -0.396 e. The van der Waals surface area contributed by atoms with Crippen LogP contribution in [0.5, 0.6) is 0 Å². The van der Waals surface area contributed by atoms with E-state index in [0.717, 1.165) is 32.6 Å². The summed E-state index contributed by atoms with van der Waals surface area (Å²) >= 11 is 0. The van der Waals surface area contributed by atoms with Crippen LogP contribution in [-0.2, 0) is 0 Å². The van der Waals surface area contributed by atoms with Gasteiger partial charge in [-0.05, 0) is 28.8 Å². The normalized spacial score (nSPS) is 17.4. The molecule has 1 atom stereocenters. The Labute approximate surface area is 132 Å². The molecule has 1 saturated heterocycles. The zero-order valence-corrected chi connectivity index (χ0v) is 13.0. The van der Waals surface area contributed by atoms with Crippen LogP contribution in [0.2, 0.25) is 0 Å². The number of benzene rings is 2. The SMILES string of the molecule is Cl.OCC[C@H](c1ccc2ccccc2c1)N1CCNCC1. The van der Waals surface area contributed by atoms with Crippen molar-refractivity contribution in [2.24, 2.45) is 0 Å². The predicted octanol–water partition coefficient (Wildman–Crippen LogP) is 2.59. The zero-order valence-electron chi connectivity index (χ0n) is 12.2. The van der Waals surface area contributed by atoms with Crippen LogP contribution in [-0.4, -0.2) is 42.8 Å². The molecule has 0 amide bonds. The van der Waals surface area contributed by atoms with E-state index < -0.39 is 0 Å². The van der Waals surface area contributed by atoms with Crippen LogP contribution >= 0.6 is 12.4 Å². The molecular weight excluding hydrogens is 284 g/mol. The highest BCUT2D eigenvalue weighted by atomic mass is 35.5. The van der Waals surface area contributed by atoms with E-state index in [0.29, 0.717) is 6.04 Å². The number of nitrogens with zero attached hydrogens (tertiary/aromatic N) is 1. The molecule has 1 fully saturated rings. The molecule has 1 aliphatic heterocycles. The summed E-state index contributed by atoms with van der Waals surface area (Å²) in [7, 11) is 0. The van der Waals surface area contributed by atoms with E-state index in [4.69, 9.17) is 0 Å². The lowest BCUT2D eigenvalue weighted by atomic mass is 9.98. The Balaban J connectivity index is 0.00000161. The van der Waals surface area contributed by atoms with Gasteiger partial charge in [0.25, 0.3) is 0 Å². The van der Waals surface area contributed by atoms with E-state index in [9.17, 15) is 5.11 Å². The third kappa shape index (κ3) is 3.74. The number of hydrogen-bond acceptors (Lipinski definition) is 3. The number of nitrogens with one attached hydrogen (secondary N) is 1. The van der Waals surface area contributed by atoms with Crippen molar-refractivity contribution in [3.63, 3.8) is 0 Å². The first-order chi connectivity index (χ1) is 9.88. The molecule has 0 bridgehead atoms. The van der Waals surface area contributed by atoms with Gasteiger partial charge in [0.05, 0.1) is 0 Å². The van der Waals surface area contributed by atoms with Gasteiger partial charge in [-0.1, -0.05) is 36.4 Å². The summed E-state index contributed by atoms with van der Waals surface area (Å²) in [6.07, 6.45) is 0.804. The Kier molecular flexibility index (Phi) is 6.00. The molecule has 4 heteroatoms. The lowest BCUT2D eigenvalue weighted by molar-refractivity contribution is 0.141. The summed E-state index contributed by atoms with van der Waals surface area (Å²) in [4.78, 5) is 2.48. The van der Waals surface area contributed by atoms with Gasteiger partial charge < -0.3 is 10.4 Å². The molecule has 1 aliphatic rings. The Bertz CT molecular complexity index is 569. The van der Waals surface area contributed by atoms with Crippen molar-refractivity contribution in [1.29, 1.82) is 0 Å². The number of halogens is 1. The van der Waals surface area contributed by atoms with Crippen molar-refractivity contribution in [1.82, 2.24) is 10.2 Å². The average Bonchev–Trinajstić information content (AvgIpc) is 2.53. The van der Waals surface area contributed by atoms with Gasteiger partial charge in [0.1, 0.15) is 0 Å². The van der Waals surface area contributed by atoms with Crippen LogP contribution in [0, 0.1) is 0 Å². The number of aliphatic hydroxyl groups excluding tert-OH is 1. The standard InChI is InChI=1S/C17H22N2O.ClH/c20-12-7-17(19-10-8-18-9-11-19)16-6-5-14-3-1-2-4-15(14)13-16;/h1-6,13,17-18,20H,7-12H2;1H/t17-;/m1./s1. The molecule has 0 radical (unpaired) electrons. The first-order valence-corrected chi connectivity index (χ1v) is 7.43. The quantitative estimate of drug-likeness (QED) is 0.911. The van der Waals surface area contributed by atoms with E-state index in [1.807, 2.05) is 0 Å². The summed E-state index contributed by atoms with van der Waals surface area (Å²) in [5.74, 6) is 0. The monoisotopic (exact) mass is 306 g/mol. The van der Waals surface area contributed by atoms with Gasteiger partial charge in [0.2, 0.25) is 0 Å². The molecule has 1 heterocycles. The summed E-state index contributed by atoms with van der Waals surface area (Å²) in [6.45, 7) is 4.42. The highest BCUT2D eigenvalue weighted by Crippen LogP contribution is 2.27. The number of hydrogen-bond donors (Lipinski definition) is 2. The largest absolute Gasteiger partial charge is 0.396 e. The lowest BCUT2D eigenvalue weighted by Crippen LogP contribution is -2.45. The fraction of sp³-hybridized carbons (Fsp3) is 0.412. The molecule has 21 heavy (non-hydrogen) atoms. The summed E-state index contributed by atoms with van der Waals surface area (Å²) in [6, 6.07) is 15.5. The highest BCUT2D eigenvalue weighted by molar-refractivity contribution is 5.85. The molecule has 114 valence electrons. The fourth-order valence-electron chi connectivity index (χ4n) is 3.09. The van der Waals surface area contributed by atoms with Crippen molar-refractivity contribution < 1.29 is 5.11 Å². The Hall–Kier alpha value is -1.13.